The minimum Gasteiger partial charge on any atom is -0.319 e. The van der Waals surface area contributed by atoms with E-state index in [1.807, 2.05) is 7.05 Å². The van der Waals surface area contributed by atoms with Gasteiger partial charge in [0.15, 0.2) is 0 Å². The van der Waals surface area contributed by atoms with Crippen LogP contribution in [0, 0.1) is 6.92 Å². The van der Waals surface area contributed by atoms with Gasteiger partial charge in [0.05, 0.1) is 16.8 Å². The summed E-state index contributed by atoms with van der Waals surface area (Å²) < 4.78 is 1.68. The Morgan fingerprint density at radius 1 is 1.36 bits per heavy atom. The van der Waals surface area contributed by atoms with Crippen LogP contribution in [0.4, 0.5) is 5.69 Å². The molecule has 0 aromatic carbocycles. The van der Waals surface area contributed by atoms with Crippen LogP contribution in [0.25, 0.3) is 0 Å². The molecule has 2 atom stereocenters. The van der Waals surface area contributed by atoms with Gasteiger partial charge in [-0.2, -0.15) is 5.10 Å². The van der Waals surface area contributed by atoms with Crippen molar-refractivity contribution in [3.8, 4) is 0 Å². The van der Waals surface area contributed by atoms with Crippen LogP contribution in [0.2, 0.25) is 0 Å². The number of nitrogens with one attached hydrogen (secondary N) is 2. The van der Waals surface area contributed by atoms with Crippen molar-refractivity contribution in [1.82, 2.24) is 15.1 Å². The van der Waals surface area contributed by atoms with E-state index in [2.05, 4.69) is 28.7 Å². The van der Waals surface area contributed by atoms with Gasteiger partial charge in [0.2, 0.25) is 0 Å². The van der Waals surface area contributed by atoms with Crippen molar-refractivity contribution in [2.45, 2.75) is 50.6 Å². The summed E-state index contributed by atoms with van der Waals surface area (Å²) in [6.07, 6.45) is 8.69. The molecule has 5 nitrogen and oxygen atoms in total. The molecule has 4 rings (SSSR count). The van der Waals surface area contributed by atoms with Crippen LogP contribution in [0.5, 0.6) is 0 Å². The zero-order chi connectivity index (χ0) is 16.0. The Bertz CT molecular complexity index is 741. The van der Waals surface area contributed by atoms with Gasteiger partial charge in [-0.05, 0) is 37.8 Å². The summed E-state index contributed by atoms with van der Waals surface area (Å²) in [5.74, 6) is 0.549. The van der Waals surface area contributed by atoms with E-state index in [0.29, 0.717) is 12.0 Å². The van der Waals surface area contributed by atoms with Crippen LogP contribution in [0.1, 0.15) is 51.7 Å². The summed E-state index contributed by atoms with van der Waals surface area (Å²) in [6.45, 7) is 2.12. The SMILES string of the molecule is Cc1sc(C(=O)Nc2cnn(C)c2)cc1[C@@H]1C[C@H]1NC1CCC1.Cl.Cl. The molecule has 138 valence electrons. The third-order valence-corrected chi connectivity index (χ3v) is 5.95. The number of halogens is 2. The number of anilines is 1. The molecule has 2 saturated carbocycles. The van der Waals surface area contributed by atoms with Gasteiger partial charge >= 0.3 is 0 Å². The maximum absolute atomic E-state index is 12.4. The molecular formula is C17H24Cl2N4OS. The van der Waals surface area contributed by atoms with E-state index in [1.165, 1.54) is 36.1 Å². The smallest absolute Gasteiger partial charge is 0.265 e. The number of nitrogens with zero attached hydrogens (tertiary/aromatic N) is 2. The van der Waals surface area contributed by atoms with E-state index in [-0.39, 0.29) is 30.7 Å². The molecule has 2 aliphatic rings. The number of carbonyl (C=O) groups is 1. The Kier molecular flexibility index (Phi) is 6.54. The van der Waals surface area contributed by atoms with Crippen LogP contribution in [-0.4, -0.2) is 27.8 Å². The van der Waals surface area contributed by atoms with Gasteiger partial charge in [-0.1, -0.05) is 6.42 Å². The number of carbonyl (C=O) groups excluding carboxylic acids is 1. The molecule has 25 heavy (non-hydrogen) atoms. The van der Waals surface area contributed by atoms with Gasteiger partial charge in [-0.15, -0.1) is 36.2 Å². The molecule has 0 aliphatic heterocycles. The molecule has 0 unspecified atom stereocenters. The van der Waals surface area contributed by atoms with Gasteiger partial charge in [0.1, 0.15) is 0 Å². The quantitative estimate of drug-likeness (QED) is 0.797. The van der Waals surface area contributed by atoms with Crippen molar-refractivity contribution >= 4 is 47.7 Å². The summed E-state index contributed by atoms with van der Waals surface area (Å²) in [4.78, 5) is 14.4. The summed E-state index contributed by atoms with van der Waals surface area (Å²) in [5, 5.41) is 10.7. The van der Waals surface area contributed by atoms with E-state index in [1.54, 1.807) is 28.4 Å². The normalized spacial score (nSPS) is 21.7. The van der Waals surface area contributed by atoms with Crippen molar-refractivity contribution in [2.24, 2.45) is 7.05 Å². The maximum atomic E-state index is 12.4. The Balaban J connectivity index is 0.00000113. The summed E-state index contributed by atoms with van der Waals surface area (Å²) in [5.41, 5.74) is 2.09. The third-order valence-electron chi connectivity index (χ3n) is 4.89. The standard InChI is InChI=1S/C17H22N4OS.2ClH/c1-10-13(14-6-15(14)19-11-4-3-5-11)7-16(23-10)17(22)20-12-8-18-21(2)9-12;;/h7-9,11,14-15,19H,3-6H2,1-2H3,(H,20,22);2*1H/t14-,15+;;/m0../s1. The van der Waals surface area contributed by atoms with Crippen molar-refractivity contribution in [3.05, 3.63) is 33.8 Å². The summed E-state index contributed by atoms with van der Waals surface area (Å²) in [7, 11) is 1.84. The Morgan fingerprint density at radius 2 is 2.12 bits per heavy atom. The Hall–Kier alpha value is -1.08. The minimum atomic E-state index is -0.0403. The highest BCUT2D eigenvalue weighted by molar-refractivity contribution is 7.14. The lowest BCUT2D eigenvalue weighted by atomic mass is 9.93. The van der Waals surface area contributed by atoms with Crippen LogP contribution >= 0.6 is 36.2 Å². The first-order valence-corrected chi connectivity index (χ1v) is 9.08. The van der Waals surface area contributed by atoms with E-state index in [4.69, 9.17) is 0 Å². The third kappa shape index (κ3) is 4.37. The number of hydrogen-bond donors (Lipinski definition) is 2. The van der Waals surface area contributed by atoms with E-state index >= 15 is 0 Å². The topological polar surface area (TPSA) is 59.0 Å². The zero-order valence-electron chi connectivity index (χ0n) is 14.3. The summed E-state index contributed by atoms with van der Waals surface area (Å²) in [6, 6.07) is 3.43. The molecule has 0 radical (unpaired) electrons. The molecule has 2 N–H and O–H groups in total. The van der Waals surface area contributed by atoms with Crippen LogP contribution in [0.15, 0.2) is 18.5 Å². The molecule has 0 saturated heterocycles. The number of amides is 1. The zero-order valence-corrected chi connectivity index (χ0v) is 16.8. The van der Waals surface area contributed by atoms with Crippen molar-refractivity contribution in [1.29, 1.82) is 0 Å². The monoisotopic (exact) mass is 402 g/mol. The summed E-state index contributed by atoms with van der Waals surface area (Å²) >= 11 is 1.59. The van der Waals surface area contributed by atoms with Crippen molar-refractivity contribution in [2.75, 3.05) is 5.32 Å². The largest absolute Gasteiger partial charge is 0.319 e. The van der Waals surface area contributed by atoms with Crippen LogP contribution in [0.3, 0.4) is 0 Å². The first-order valence-electron chi connectivity index (χ1n) is 8.26. The van der Waals surface area contributed by atoms with Crippen molar-refractivity contribution < 1.29 is 4.79 Å². The number of thiophene rings is 1. The van der Waals surface area contributed by atoms with E-state index in [0.717, 1.165) is 16.6 Å². The molecule has 2 aliphatic carbocycles. The van der Waals surface area contributed by atoms with Gasteiger partial charge in [-0.25, -0.2) is 0 Å². The molecule has 1 amide bonds. The maximum Gasteiger partial charge on any atom is 0.265 e. The second kappa shape index (κ2) is 8.08. The molecular weight excluding hydrogens is 379 g/mol. The molecule has 2 fully saturated rings. The number of aryl methyl sites for hydroxylation is 2. The predicted molar refractivity (Wildman–Crippen MR) is 107 cm³/mol. The minimum absolute atomic E-state index is 0. The molecule has 0 spiro atoms. The predicted octanol–water partition coefficient (Wildman–Crippen LogP) is 3.88. The number of hydrogen-bond acceptors (Lipinski definition) is 4. The first-order chi connectivity index (χ1) is 11.1. The highest BCUT2D eigenvalue weighted by Gasteiger charge is 2.41. The molecule has 2 aromatic heterocycles. The fraction of sp³-hybridized carbons (Fsp3) is 0.529. The molecule has 0 bridgehead atoms. The molecule has 2 heterocycles. The van der Waals surface area contributed by atoms with Crippen LogP contribution < -0.4 is 10.6 Å². The van der Waals surface area contributed by atoms with Gasteiger partial charge in [0, 0.05) is 36.1 Å². The molecule has 2 aromatic rings. The lowest BCUT2D eigenvalue weighted by Crippen LogP contribution is -2.37. The van der Waals surface area contributed by atoms with E-state index in [9.17, 15) is 4.79 Å². The van der Waals surface area contributed by atoms with Gasteiger partial charge in [0.25, 0.3) is 5.91 Å². The highest BCUT2D eigenvalue weighted by Crippen LogP contribution is 2.45. The number of aromatic nitrogens is 2. The van der Waals surface area contributed by atoms with Crippen LogP contribution in [-0.2, 0) is 7.05 Å². The first kappa shape index (κ1) is 20.2. The van der Waals surface area contributed by atoms with E-state index < -0.39 is 0 Å². The Labute approximate surface area is 164 Å². The molecule has 8 heteroatoms. The lowest BCUT2D eigenvalue weighted by Gasteiger charge is -2.26. The van der Waals surface area contributed by atoms with Gasteiger partial charge < -0.3 is 10.6 Å². The second-order valence-electron chi connectivity index (χ2n) is 6.72. The van der Waals surface area contributed by atoms with Gasteiger partial charge in [-0.3, -0.25) is 9.48 Å². The average Bonchev–Trinajstić information content (AvgIpc) is 2.94. The lowest BCUT2D eigenvalue weighted by molar-refractivity contribution is 0.103. The number of rotatable bonds is 5. The highest BCUT2D eigenvalue weighted by atomic mass is 35.5. The van der Waals surface area contributed by atoms with Crippen molar-refractivity contribution in [3.63, 3.8) is 0 Å². The fourth-order valence-electron chi connectivity index (χ4n) is 3.26. The Morgan fingerprint density at radius 3 is 2.72 bits per heavy atom. The second-order valence-corrected chi connectivity index (χ2v) is 7.98. The average molecular weight is 403 g/mol. The fourth-order valence-corrected chi connectivity index (χ4v) is 4.24.